The van der Waals surface area contributed by atoms with Crippen LogP contribution in [0.4, 0.5) is 5.69 Å². The van der Waals surface area contributed by atoms with Crippen LogP contribution in [0.5, 0.6) is 17.2 Å². The molecule has 0 saturated heterocycles. The minimum absolute atomic E-state index is 0.151. The lowest BCUT2D eigenvalue weighted by molar-refractivity contribution is -0.124. The highest BCUT2D eigenvalue weighted by atomic mass is 16.5. The van der Waals surface area contributed by atoms with Crippen LogP contribution in [0.3, 0.4) is 0 Å². The van der Waals surface area contributed by atoms with Gasteiger partial charge in [-0.15, -0.1) is 10.2 Å². The standard InChI is InChI=1S/C25H32N6O5/c1-17(2)11-12-26-23(32)15-30(19-7-6-8-20(14-19)34-3)24(33)16-31-28-25(27-29-31)18-9-10-21(35-4)22(13-18)36-5/h6-10,13-14,17H,11-12,15-16H2,1-5H3,(H,26,32). The van der Waals surface area contributed by atoms with Gasteiger partial charge in [0.05, 0.1) is 21.3 Å². The summed E-state index contributed by atoms with van der Waals surface area (Å²) in [4.78, 5) is 28.5. The predicted octanol–water partition coefficient (Wildman–Crippen LogP) is 2.56. The molecule has 0 fully saturated rings. The van der Waals surface area contributed by atoms with Crippen molar-refractivity contribution in [3.8, 4) is 28.6 Å². The Kier molecular flexibility index (Phi) is 9.20. The van der Waals surface area contributed by atoms with Crippen LogP contribution in [0, 0.1) is 5.92 Å². The maximum atomic E-state index is 13.3. The molecule has 0 spiro atoms. The van der Waals surface area contributed by atoms with Gasteiger partial charge in [-0.1, -0.05) is 19.9 Å². The van der Waals surface area contributed by atoms with Crippen LogP contribution in [0.15, 0.2) is 42.5 Å². The maximum absolute atomic E-state index is 13.3. The van der Waals surface area contributed by atoms with E-state index in [2.05, 4.69) is 34.6 Å². The van der Waals surface area contributed by atoms with E-state index in [0.29, 0.717) is 46.8 Å². The second kappa shape index (κ2) is 12.5. The summed E-state index contributed by atoms with van der Waals surface area (Å²) in [6.45, 7) is 4.34. The van der Waals surface area contributed by atoms with Gasteiger partial charge in [0.25, 0.3) is 5.91 Å². The van der Waals surface area contributed by atoms with E-state index in [1.807, 2.05) is 0 Å². The number of ether oxygens (including phenoxy) is 3. The molecule has 0 aliphatic rings. The molecule has 1 heterocycles. The van der Waals surface area contributed by atoms with Crippen molar-refractivity contribution in [2.75, 3.05) is 39.3 Å². The lowest BCUT2D eigenvalue weighted by Crippen LogP contribution is -2.43. The third kappa shape index (κ3) is 6.94. The number of methoxy groups -OCH3 is 3. The molecule has 1 aromatic heterocycles. The smallest absolute Gasteiger partial charge is 0.251 e. The SMILES string of the molecule is COc1cccc(N(CC(=O)NCCC(C)C)C(=O)Cn2nnc(-c3ccc(OC)c(OC)c3)n2)c1. The highest BCUT2D eigenvalue weighted by Crippen LogP contribution is 2.30. The Morgan fingerprint density at radius 2 is 1.81 bits per heavy atom. The summed E-state index contributed by atoms with van der Waals surface area (Å²) in [5.74, 6) is 1.81. The summed E-state index contributed by atoms with van der Waals surface area (Å²) < 4.78 is 15.9. The van der Waals surface area contributed by atoms with E-state index in [1.165, 1.54) is 16.8 Å². The predicted molar refractivity (Wildman–Crippen MR) is 134 cm³/mol. The highest BCUT2D eigenvalue weighted by Gasteiger charge is 2.22. The monoisotopic (exact) mass is 496 g/mol. The molecular formula is C25H32N6O5. The average Bonchev–Trinajstić information content (AvgIpc) is 3.34. The van der Waals surface area contributed by atoms with Gasteiger partial charge < -0.3 is 24.4 Å². The molecule has 1 N–H and O–H groups in total. The molecule has 2 amide bonds. The minimum atomic E-state index is -0.376. The normalized spacial score (nSPS) is 10.7. The summed E-state index contributed by atoms with van der Waals surface area (Å²) in [6, 6.07) is 12.2. The summed E-state index contributed by atoms with van der Waals surface area (Å²) in [6.07, 6.45) is 0.848. The van der Waals surface area contributed by atoms with Crippen molar-refractivity contribution >= 4 is 17.5 Å². The van der Waals surface area contributed by atoms with Crippen LogP contribution in [0.25, 0.3) is 11.4 Å². The third-order valence-electron chi connectivity index (χ3n) is 5.38. The number of amides is 2. The zero-order valence-electron chi connectivity index (χ0n) is 21.2. The first kappa shape index (κ1) is 26.5. The van der Waals surface area contributed by atoms with E-state index in [9.17, 15) is 9.59 Å². The molecule has 2 aromatic carbocycles. The lowest BCUT2D eigenvalue weighted by atomic mass is 10.1. The van der Waals surface area contributed by atoms with E-state index < -0.39 is 0 Å². The highest BCUT2D eigenvalue weighted by molar-refractivity contribution is 5.98. The van der Waals surface area contributed by atoms with Gasteiger partial charge in [0.15, 0.2) is 11.5 Å². The molecule has 0 bridgehead atoms. The number of nitrogens with one attached hydrogen (secondary N) is 1. The van der Waals surface area contributed by atoms with E-state index in [0.717, 1.165) is 6.42 Å². The topological polar surface area (TPSA) is 121 Å². The number of hydrogen-bond acceptors (Lipinski definition) is 8. The van der Waals surface area contributed by atoms with Crippen molar-refractivity contribution in [2.45, 2.75) is 26.8 Å². The Hall–Kier alpha value is -4.15. The summed E-state index contributed by atoms with van der Waals surface area (Å²) >= 11 is 0. The zero-order valence-corrected chi connectivity index (χ0v) is 21.2. The molecular weight excluding hydrogens is 464 g/mol. The number of tetrazole rings is 1. The van der Waals surface area contributed by atoms with Gasteiger partial charge >= 0.3 is 0 Å². The van der Waals surface area contributed by atoms with Crippen molar-refractivity contribution in [2.24, 2.45) is 5.92 Å². The molecule has 0 aliphatic heterocycles. The van der Waals surface area contributed by atoms with Gasteiger partial charge in [-0.05, 0) is 47.9 Å². The van der Waals surface area contributed by atoms with Gasteiger partial charge in [0.1, 0.15) is 18.8 Å². The number of hydrogen-bond donors (Lipinski definition) is 1. The molecule has 3 rings (SSSR count). The largest absolute Gasteiger partial charge is 0.497 e. The van der Waals surface area contributed by atoms with Gasteiger partial charge in [0, 0.05) is 23.9 Å². The van der Waals surface area contributed by atoms with Crippen molar-refractivity contribution in [3.05, 3.63) is 42.5 Å². The summed E-state index contributed by atoms with van der Waals surface area (Å²) in [5.41, 5.74) is 1.18. The Morgan fingerprint density at radius 1 is 1.03 bits per heavy atom. The second-order valence-electron chi connectivity index (χ2n) is 8.43. The Morgan fingerprint density at radius 3 is 2.50 bits per heavy atom. The van der Waals surface area contributed by atoms with Crippen molar-refractivity contribution < 1.29 is 23.8 Å². The number of rotatable bonds is 12. The molecule has 0 atom stereocenters. The Labute approximate surface area is 210 Å². The fraction of sp³-hybridized carbons (Fsp3) is 0.400. The van der Waals surface area contributed by atoms with E-state index in [-0.39, 0.29) is 24.9 Å². The van der Waals surface area contributed by atoms with Crippen LogP contribution in [-0.2, 0) is 16.1 Å². The fourth-order valence-electron chi connectivity index (χ4n) is 3.41. The van der Waals surface area contributed by atoms with Gasteiger partial charge in [-0.2, -0.15) is 4.80 Å². The number of nitrogens with zero attached hydrogens (tertiary/aromatic N) is 5. The number of aromatic nitrogens is 4. The molecule has 36 heavy (non-hydrogen) atoms. The Balaban J connectivity index is 1.78. The molecule has 3 aromatic rings. The molecule has 11 nitrogen and oxygen atoms in total. The molecule has 192 valence electrons. The second-order valence-corrected chi connectivity index (χ2v) is 8.43. The van der Waals surface area contributed by atoms with E-state index in [1.54, 1.807) is 56.7 Å². The molecule has 0 aliphatic carbocycles. The molecule has 0 unspecified atom stereocenters. The van der Waals surface area contributed by atoms with Crippen LogP contribution >= 0.6 is 0 Å². The first-order chi connectivity index (χ1) is 17.3. The summed E-state index contributed by atoms with van der Waals surface area (Å²) in [5, 5.41) is 15.3. The first-order valence-corrected chi connectivity index (χ1v) is 11.6. The summed E-state index contributed by atoms with van der Waals surface area (Å²) in [7, 11) is 4.63. The lowest BCUT2D eigenvalue weighted by Gasteiger charge is -2.22. The molecule has 11 heteroatoms. The number of benzene rings is 2. The molecule has 0 saturated carbocycles. The minimum Gasteiger partial charge on any atom is -0.497 e. The average molecular weight is 497 g/mol. The van der Waals surface area contributed by atoms with Crippen LogP contribution < -0.4 is 24.4 Å². The maximum Gasteiger partial charge on any atom is 0.251 e. The zero-order chi connectivity index (χ0) is 26.1. The first-order valence-electron chi connectivity index (χ1n) is 11.6. The Bertz CT molecular complexity index is 1180. The third-order valence-corrected chi connectivity index (χ3v) is 5.38. The quantitative estimate of drug-likeness (QED) is 0.406. The fourth-order valence-corrected chi connectivity index (χ4v) is 3.41. The number of carbonyl (C=O) groups is 2. The van der Waals surface area contributed by atoms with Crippen LogP contribution in [0.1, 0.15) is 20.3 Å². The van der Waals surface area contributed by atoms with Crippen molar-refractivity contribution in [3.63, 3.8) is 0 Å². The number of anilines is 1. The van der Waals surface area contributed by atoms with Crippen LogP contribution in [-0.4, -0.2) is 66.4 Å². The number of carbonyl (C=O) groups excluding carboxylic acids is 2. The van der Waals surface area contributed by atoms with E-state index >= 15 is 0 Å². The van der Waals surface area contributed by atoms with Gasteiger partial charge in [-0.25, -0.2) is 0 Å². The van der Waals surface area contributed by atoms with Crippen molar-refractivity contribution in [1.29, 1.82) is 0 Å². The molecule has 0 radical (unpaired) electrons. The van der Waals surface area contributed by atoms with Crippen molar-refractivity contribution in [1.82, 2.24) is 25.5 Å². The van der Waals surface area contributed by atoms with Crippen LogP contribution in [0.2, 0.25) is 0 Å². The van der Waals surface area contributed by atoms with Gasteiger partial charge in [-0.3, -0.25) is 9.59 Å². The van der Waals surface area contributed by atoms with E-state index in [4.69, 9.17) is 14.2 Å². The van der Waals surface area contributed by atoms with Gasteiger partial charge in [0.2, 0.25) is 11.7 Å².